The van der Waals surface area contributed by atoms with E-state index in [4.69, 9.17) is 11.6 Å². The zero-order valence-corrected chi connectivity index (χ0v) is 13.5. The summed E-state index contributed by atoms with van der Waals surface area (Å²) < 4.78 is 0. The molecule has 0 aromatic heterocycles. The largest absolute Gasteiger partial charge is 0.353 e. The lowest BCUT2D eigenvalue weighted by Crippen LogP contribution is -2.34. The van der Waals surface area contributed by atoms with Crippen molar-refractivity contribution in [2.24, 2.45) is 11.8 Å². The quantitative estimate of drug-likeness (QED) is 0.894. The average Bonchev–Trinajstić information content (AvgIpc) is 3.15. The first-order valence-corrected chi connectivity index (χ1v) is 8.30. The van der Waals surface area contributed by atoms with Gasteiger partial charge in [0, 0.05) is 16.8 Å². The van der Waals surface area contributed by atoms with E-state index >= 15 is 0 Å². The SMILES string of the molecule is Cc1c(Cl)cccc1NC(=O)C1CC1C(=O)NC1CCCC1. The molecule has 0 saturated heterocycles. The van der Waals surface area contributed by atoms with E-state index in [0.29, 0.717) is 17.5 Å². The summed E-state index contributed by atoms with van der Waals surface area (Å²) in [7, 11) is 0. The van der Waals surface area contributed by atoms with Gasteiger partial charge in [0.25, 0.3) is 0 Å². The Labute approximate surface area is 135 Å². The molecule has 0 spiro atoms. The zero-order chi connectivity index (χ0) is 15.7. The lowest BCUT2D eigenvalue weighted by atomic mass is 10.2. The van der Waals surface area contributed by atoms with Crippen LogP contribution in [0.15, 0.2) is 18.2 Å². The standard InChI is InChI=1S/C17H21ClN2O2/c1-10-14(18)7-4-8-15(10)20-17(22)13-9-12(13)16(21)19-11-5-2-3-6-11/h4,7-8,11-13H,2-3,5-6,9H2,1H3,(H,19,21)(H,20,22). The van der Waals surface area contributed by atoms with Crippen LogP contribution in [0.3, 0.4) is 0 Å². The molecule has 2 amide bonds. The molecule has 5 heteroatoms. The molecule has 2 aliphatic rings. The Balaban J connectivity index is 1.54. The molecule has 4 nitrogen and oxygen atoms in total. The number of halogens is 1. The van der Waals surface area contributed by atoms with Crippen LogP contribution in [0, 0.1) is 18.8 Å². The van der Waals surface area contributed by atoms with Crippen LogP contribution in [-0.2, 0) is 9.59 Å². The van der Waals surface area contributed by atoms with E-state index < -0.39 is 0 Å². The summed E-state index contributed by atoms with van der Waals surface area (Å²) in [6, 6.07) is 5.74. The molecule has 0 aliphatic heterocycles. The van der Waals surface area contributed by atoms with E-state index in [0.717, 1.165) is 24.1 Å². The average molecular weight is 321 g/mol. The third kappa shape index (κ3) is 3.27. The van der Waals surface area contributed by atoms with E-state index in [1.807, 2.05) is 19.1 Å². The molecule has 1 aromatic rings. The summed E-state index contributed by atoms with van der Waals surface area (Å²) in [5, 5.41) is 6.59. The predicted molar refractivity (Wildman–Crippen MR) is 86.8 cm³/mol. The van der Waals surface area contributed by atoms with E-state index in [-0.39, 0.29) is 23.7 Å². The third-order valence-electron chi connectivity index (χ3n) is 4.69. The van der Waals surface area contributed by atoms with Crippen molar-refractivity contribution in [3.8, 4) is 0 Å². The third-order valence-corrected chi connectivity index (χ3v) is 5.10. The summed E-state index contributed by atoms with van der Waals surface area (Å²) in [6.45, 7) is 1.87. The smallest absolute Gasteiger partial charge is 0.228 e. The normalized spacial score (nSPS) is 24.1. The monoisotopic (exact) mass is 320 g/mol. The number of carbonyl (C=O) groups is 2. The summed E-state index contributed by atoms with van der Waals surface area (Å²) in [5.41, 5.74) is 1.57. The first-order valence-electron chi connectivity index (χ1n) is 7.92. The Morgan fingerprint density at radius 1 is 1.14 bits per heavy atom. The molecule has 2 fully saturated rings. The lowest BCUT2D eigenvalue weighted by molar-refractivity contribution is -0.125. The van der Waals surface area contributed by atoms with Crippen LogP contribution in [-0.4, -0.2) is 17.9 Å². The van der Waals surface area contributed by atoms with Crippen molar-refractivity contribution in [1.82, 2.24) is 5.32 Å². The zero-order valence-electron chi connectivity index (χ0n) is 12.7. The van der Waals surface area contributed by atoms with E-state index in [2.05, 4.69) is 10.6 Å². The fourth-order valence-electron chi connectivity index (χ4n) is 3.12. The van der Waals surface area contributed by atoms with Gasteiger partial charge in [-0.1, -0.05) is 30.5 Å². The second kappa shape index (κ2) is 6.29. The molecule has 0 heterocycles. The van der Waals surface area contributed by atoms with Crippen LogP contribution in [0.1, 0.15) is 37.7 Å². The molecule has 0 radical (unpaired) electrons. The minimum atomic E-state index is -0.209. The van der Waals surface area contributed by atoms with Crippen LogP contribution >= 0.6 is 11.6 Å². The minimum Gasteiger partial charge on any atom is -0.353 e. The highest BCUT2D eigenvalue weighted by Gasteiger charge is 2.48. The second-order valence-corrected chi connectivity index (χ2v) is 6.75. The van der Waals surface area contributed by atoms with Gasteiger partial charge in [0.1, 0.15) is 0 Å². The Kier molecular flexibility index (Phi) is 4.39. The van der Waals surface area contributed by atoms with Crippen molar-refractivity contribution in [3.05, 3.63) is 28.8 Å². The number of hydrogen-bond acceptors (Lipinski definition) is 2. The van der Waals surface area contributed by atoms with Gasteiger partial charge in [-0.25, -0.2) is 0 Å². The Hall–Kier alpha value is -1.55. The number of rotatable bonds is 4. The molecule has 2 saturated carbocycles. The van der Waals surface area contributed by atoms with Gasteiger partial charge in [0.15, 0.2) is 0 Å². The van der Waals surface area contributed by atoms with E-state index in [1.165, 1.54) is 12.8 Å². The fraction of sp³-hybridized carbons (Fsp3) is 0.529. The topological polar surface area (TPSA) is 58.2 Å². The number of benzene rings is 1. The molecule has 22 heavy (non-hydrogen) atoms. The van der Waals surface area contributed by atoms with Crippen molar-refractivity contribution in [2.75, 3.05) is 5.32 Å². The molecular weight excluding hydrogens is 300 g/mol. The molecule has 2 unspecified atom stereocenters. The Morgan fingerprint density at radius 3 is 2.55 bits per heavy atom. The van der Waals surface area contributed by atoms with E-state index in [1.54, 1.807) is 6.07 Å². The molecule has 2 N–H and O–H groups in total. The summed E-state index contributed by atoms with van der Waals surface area (Å²) >= 11 is 6.05. The highest BCUT2D eigenvalue weighted by Crippen LogP contribution is 2.40. The maximum atomic E-state index is 12.3. The molecule has 1 aromatic carbocycles. The molecule has 118 valence electrons. The van der Waals surface area contributed by atoms with Gasteiger partial charge in [-0.15, -0.1) is 0 Å². The highest BCUT2D eigenvalue weighted by atomic mass is 35.5. The van der Waals surface area contributed by atoms with Gasteiger partial charge in [-0.05, 0) is 43.9 Å². The van der Waals surface area contributed by atoms with Gasteiger partial charge in [0.2, 0.25) is 11.8 Å². The van der Waals surface area contributed by atoms with Crippen LogP contribution in [0.5, 0.6) is 0 Å². The van der Waals surface area contributed by atoms with Crippen LogP contribution in [0.2, 0.25) is 5.02 Å². The number of amides is 2. The van der Waals surface area contributed by atoms with Crippen LogP contribution in [0.4, 0.5) is 5.69 Å². The molecular formula is C17H21ClN2O2. The van der Waals surface area contributed by atoms with Crippen molar-refractivity contribution in [1.29, 1.82) is 0 Å². The molecule has 2 aliphatic carbocycles. The summed E-state index contributed by atoms with van der Waals surface area (Å²) in [5.74, 6) is -0.424. The Morgan fingerprint density at radius 2 is 1.82 bits per heavy atom. The summed E-state index contributed by atoms with van der Waals surface area (Å²) in [6.07, 6.45) is 5.15. The first-order chi connectivity index (χ1) is 10.6. The van der Waals surface area contributed by atoms with Crippen molar-refractivity contribution >= 4 is 29.1 Å². The van der Waals surface area contributed by atoms with Crippen molar-refractivity contribution in [3.63, 3.8) is 0 Å². The maximum absolute atomic E-state index is 12.3. The van der Waals surface area contributed by atoms with E-state index in [9.17, 15) is 9.59 Å². The van der Waals surface area contributed by atoms with Gasteiger partial charge in [0.05, 0.1) is 11.8 Å². The Bertz CT molecular complexity index is 596. The van der Waals surface area contributed by atoms with Gasteiger partial charge < -0.3 is 10.6 Å². The fourth-order valence-corrected chi connectivity index (χ4v) is 3.30. The summed E-state index contributed by atoms with van der Waals surface area (Å²) in [4.78, 5) is 24.4. The van der Waals surface area contributed by atoms with Gasteiger partial charge in [-0.3, -0.25) is 9.59 Å². The van der Waals surface area contributed by atoms with Crippen molar-refractivity contribution in [2.45, 2.75) is 45.1 Å². The molecule has 3 rings (SSSR count). The highest BCUT2D eigenvalue weighted by molar-refractivity contribution is 6.31. The maximum Gasteiger partial charge on any atom is 0.228 e. The predicted octanol–water partition coefficient (Wildman–Crippen LogP) is 3.28. The van der Waals surface area contributed by atoms with Gasteiger partial charge in [-0.2, -0.15) is 0 Å². The van der Waals surface area contributed by atoms with Crippen LogP contribution in [0.25, 0.3) is 0 Å². The number of anilines is 1. The second-order valence-electron chi connectivity index (χ2n) is 6.34. The van der Waals surface area contributed by atoms with Crippen molar-refractivity contribution < 1.29 is 9.59 Å². The van der Waals surface area contributed by atoms with Gasteiger partial charge >= 0.3 is 0 Å². The number of hydrogen-bond donors (Lipinski definition) is 2. The number of nitrogens with one attached hydrogen (secondary N) is 2. The first kappa shape index (κ1) is 15.3. The molecule has 2 atom stereocenters. The lowest BCUT2D eigenvalue weighted by Gasteiger charge is -2.12. The van der Waals surface area contributed by atoms with Crippen LogP contribution < -0.4 is 10.6 Å². The number of carbonyl (C=O) groups excluding carboxylic acids is 2. The minimum absolute atomic E-state index is 0.0369. The molecule has 0 bridgehead atoms.